The minimum atomic E-state index is -2.21. The van der Waals surface area contributed by atoms with Crippen LogP contribution in [-0.4, -0.2) is 94.9 Å². The van der Waals surface area contributed by atoms with Gasteiger partial charge in [0.15, 0.2) is 20.9 Å². The van der Waals surface area contributed by atoms with Gasteiger partial charge in [-0.25, -0.2) is 0 Å². The van der Waals surface area contributed by atoms with E-state index in [0.29, 0.717) is 23.7 Å². The minimum absolute atomic E-state index is 0.0230. The predicted molar refractivity (Wildman–Crippen MR) is 175 cm³/mol. The molecule has 2 amide bonds. The number of imide groups is 1. The number of amides is 2. The van der Waals surface area contributed by atoms with Crippen molar-refractivity contribution in [3.8, 4) is 0 Å². The summed E-state index contributed by atoms with van der Waals surface area (Å²) in [5.74, 6) is -0.339. The van der Waals surface area contributed by atoms with Crippen LogP contribution in [-0.2, 0) is 32.8 Å². The smallest absolute Gasteiger partial charge is 0.285 e. The second-order valence-corrected chi connectivity index (χ2v) is 22.5. The first-order valence-electron chi connectivity index (χ1n) is 16.4. The van der Waals surface area contributed by atoms with E-state index in [4.69, 9.17) is 28.2 Å². The summed E-state index contributed by atoms with van der Waals surface area (Å²) in [6.07, 6.45) is -0.146. The van der Waals surface area contributed by atoms with Gasteiger partial charge in [0, 0.05) is 6.16 Å². The number of carbonyl (C=O) groups excluding carboxylic acids is 2. The second kappa shape index (κ2) is 14.8. The fourth-order valence-electron chi connectivity index (χ4n) is 6.49. The third kappa shape index (κ3) is 8.73. The Hall–Kier alpha value is -1.43. The van der Waals surface area contributed by atoms with Crippen LogP contribution in [0.15, 0.2) is 24.3 Å². The summed E-state index contributed by atoms with van der Waals surface area (Å²) in [6.45, 7) is 21.0. The summed E-state index contributed by atoms with van der Waals surface area (Å²) in [7, 11) is -4.19. The van der Waals surface area contributed by atoms with E-state index in [1.807, 2.05) is 13.3 Å². The molecular formula is C33H54NO9PSi. The van der Waals surface area contributed by atoms with Crippen molar-refractivity contribution >= 4 is 27.3 Å². The molecule has 0 spiro atoms. The molecule has 0 aliphatic carbocycles. The topological polar surface area (TPSA) is 110 Å². The standard InChI is InChI=1S/C33H54NO9PSi/c1-11-26-20(2)22(4)28(32(40-26)38-17-18-39-34-30(35)24-14-12-13-15-25(24)31(34)36)42-33-29(43-45(8,9)10)23(5)21(3)27(41-33)16-19-44(6,7)37/h12-15,20-23,26-29,32-33H,11,16-19H2,1-10H3/t20-,21-,22-,23-,26?,27?,28?,29?,32-,33+/m0/s1. The van der Waals surface area contributed by atoms with Gasteiger partial charge in [0.1, 0.15) is 6.10 Å². The lowest BCUT2D eigenvalue weighted by Crippen LogP contribution is -2.59. The van der Waals surface area contributed by atoms with Crippen molar-refractivity contribution in [1.29, 1.82) is 0 Å². The molecule has 2 fully saturated rings. The lowest BCUT2D eigenvalue weighted by molar-refractivity contribution is -0.344. The molecule has 4 rings (SSSR count). The summed E-state index contributed by atoms with van der Waals surface area (Å²) in [5, 5.41) is 0.797. The van der Waals surface area contributed by atoms with Crippen LogP contribution in [0.25, 0.3) is 0 Å². The van der Waals surface area contributed by atoms with Gasteiger partial charge in [-0.05, 0) is 81.6 Å². The molecule has 4 unspecified atom stereocenters. The molecule has 0 bridgehead atoms. The van der Waals surface area contributed by atoms with Crippen molar-refractivity contribution in [1.82, 2.24) is 5.06 Å². The largest absolute Gasteiger partial charge is 0.409 e. The number of hydrogen-bond donors (Lipinski definition) is 0. The number of fused-ring (bicyclic) bond motifs is 1. The minimum Gasteiger partial charge on any atom is -0.409 e. The highest BCUT2D eigenvalue weighted by Crippen LogP contribution is 2.43. The van der Waals surface area contributed by atoms with Crippen molar-refractivity contribution < 1.29 is 42.4 Å². The van der Waals surface area contributed by atoms with Gasteiger partial charge < -0.3 is 27.9 Å². The van der Waals surface area contributed by atoms with Gasteiger partial charge in [-0.3, -0.25) is 14.4 Å². The fourth-order valence-corrected chi connectivity index (χ4v) is 8.51. The SMILES string of the molecule is CCC1O[C@H](OCCON2C(=O)c3ccccc3C2=O)C(O[C@H]2OC(CCP(C)(C)=O)[C@@H](C)[C@H](C)C2O[Si](C)(C)C)[C@@H](C)[C@@H]1C. The monoisotopic (exact) mass is 667 g/mol. The summed E-state index contributed by atoms with van der Waals surface area (Å²) in [6, 6.07) is 6.66. The van der Waals surface area contributed by atoms with E-state index < -0.39 is 46.0 Å². The third-order valence-electron chi connectivity index (χ3n) is 9.50. The molecule has 0 N–H and O–H groups in total. The molecule has 1 aromatic carbocycles. The molecule has 0 radical (unpaired) electrons. The van der Waals surface area contributed by atoms with Gasteiger partial charge in [-0.1, -0.05) is 46.8 Å². The highest BCUT2D eigenvalue weighted by molar-refractivity contribution is 7.62. The van der Waals surface area contributed by atoms with Gasteiger partial charge in [-0.15, -0.1) is 5.06 Å². The normalized spacial score (nSPS) is 34.3. The van der Waals surface area contributed by atoms with Crippen LogP contribution in [0.4, 0.5) is 0 Å². The quantitative estimate of drug-likeness (QED) is 0.104. The maximum absolute atomic E-state index is 12.7. The Morgan fingerprint density at radius 3 is 1.93 bits per heavy atom. The van der Waals surface area contributed by atoms with Crippen LogP contribution in [0.2, 0.25) is 19.6 Å². The zero-order chi connectivity index (χ0) is 33.3. The molecular weight excluding hydrogens is 613 g/mol. The number of carbonyl (C=O) groups is 2. The summed E-state index contributed by atoms with van der Waals surface area (Å²) < 4.78 is 45.6. The summed E-state index contributed by atoms with van der Waals surface area (Å²) in [5.41, 5.74) is 0.650. The van der Waals surface area contributed by atoms with E-state index in [2.05, 4.69) is 54.3 Å². The predicted octanol–water partition coefficient (Wildman–Crippen LogP) is 6.25. The lowest BCUT2D eigenvalue weighted by atomic mass is 9.81. The Morgan fingerprint density at radius 1 is 0.822 bits per heavy atom. The van der Waals surface area contributed by atoms with E-state index in [-0.39, 0.29) is 55.2 Å². The fraction of sp³-hybridized carbons (Fsp3) is 0.758. The Bertz CT molecular complexity index is 1200. The molecule has 2 saturated heterocycles. The maximum Gasteiger partial charge on any atom is 0.285 e. The Morgan fingerprint density at radius 2 is 1.38 bits per heavy atom. The molecule has 10 nitrogen and oxygen atoms in total. The van der Waals surface area contributed by atoms with E-state index in [1.54, 1.807) is 24.3 Å². The van der Waals surface area contributed by atoms with Crippen molar-refractivity contribution in [2.45, 2.75) is 104 Å². The van der Waals surface area contributed by atoms with Crippen LogP contribution in [0.3, 0.4) is 0 Å². The number of rotatable bonds is 13. The number of hydrogen-bond acceptors (Lipinski definition) is 9. The molecule has 0 aromatic heterocycles. The van der Waals surface area contributed by atoms with Crippen molar-refractivity contribution in [2.24, 2.45) is 23.7 Å². The molecule has 12 heteroatoms. The van der Waals surface area contributed by atoms with Crippen LogP contribution in [0.1, 0.15) is 68.2 Å². The number of ether oxygens (including phenoxy) is 4. The van der Waals surface area contributed by atoms with Crippen molar-refractivity contribution in [3.63, 3.8) is 0 Å². The first-order chi connectivity index (χ1) is 21.0. The number of nitrogens with zero attached hydrogens (tertiary/aromatic N) is 1. The van der Waals surface area contributed by atoms with E-state index >= 15 is 0 Å². The summed E-state index contributed by atoms with van der Waals surface area (Å²) >= 11 is 0. The highest BCUT2D eigenvalue weighted by atomic mass is 31.2. The van der Waals surface area contributed by atoms with Gasteiger partial charge in [0.25, 0.3) is 11.8 Å². The van der Waals surface area contributed by atoms with Crippen LogP contribution in [0.5, 0.6) is 0 Å². The molecule has 3 heterocycles. The molecule has 10 atom stereocenters. The number of hydroxylamine groups is 2. The van der Waals surface area contributed by atoms with Crippen LogP contribution < -0.4 is 0 Å². The Labute approximate surface area is 270 Å². The molecule has 3 aliphatic heterocycles. The zero-order valence-electron chi connectivity index (χ0n) is 28.7. The molecule has 1 aromatic rings. The van der Waals surface area contributed by atoms with Crippen LogP contribution in [0, 0.1) is 23.7 Å². The first kappa shape index (κ1) is 36.4. The Balaban J connectivity index is 1.48. The van der Waals surface area contributed by atoms with E-state index in [1.165, 1.54) is 0 Å². The average molecular weight is 668 g/mol. The summed E-state index contributed by atoms with van der Waals surface area (Å²) in [4.78, 5) is 31.0. The molecule has 3 aliphatic rings. The van der Waals surface area contributed by atoms with Gasteiger partial charge in [0.2, 0.25) is 0 Å². The third-order valence-corrected chi connectivity index (χ3v) is 11.8. The Kier molecular flexibility index (Phi) is 11.9. The number of benzene rings is 1. The molecule has 254 valence electrons. The highest BCUT2D eigenvalue weighted by Gasteiger charge is 2.49. The molecule has 0 saturated carbocycles. The van der Waals surface area contributed by atoms with Gasteiger partial charge >= 0.3 is 0 Å². The maximum atomic E-state index is 12.7. The van der Waals surface area contributed by atoms with Crippen molar-refractivity contribution in [2.75, 3.05) is 32.7 Å². The van der Waals surface area contributed by atoms with Crippen LogP contribution >= 0.6 is 7.14 Å². The van der Waals surface area contributed by atoms with Gasteiger partial charge in [0.05, 0.1) is 49.8 Å². The van der Waals surface area contributed by atoms with E-state index in [0.717, 1.165) is 11.5 Å². The molecule has 45 heavy (non-hydrogen) atoms. The second-order valence-electron chi connectivity index (χ2n) is 14.5. The zero-order valence-corrected chi connectivity index (χ0v) is 30.6. The lowest BCUT2D eigenvalue weighted by Gasteiger charge is -2.50. The average Bonchev–Trinajstić information content (AvgIpc) is 3.21. The van der Waals surface area contributed by atoms with Crippen molar-refractivity contribution in [3.05, 3.63) is 35.4 Å². The van der Waals surface area contributed by atoms with E-state index in [9.17, 15) is 14.2 Å². The van der Waals surface area contributed by atoms with Gasteiger partial charge in [-0.2, -0.15) is 0 Å². The first-order valence-corrected chi connectivity index (χ1v) is 22.6.